The molecule has 0 aromatic rings. The van der Waals surface area contributed by atoms with Crippen LogP contribution < -0.4 is 0 Å². The number of alkyl halides is 1. The zero-order valence-electron chi connectivity index (χ0n) is 5.65. The Hall–Kier alpha value is 0.640. The van der Waals surface area contributed by atoms with Crippen LogP contribution in [0.2, 0.25) is 0 Å². The second-order valence-corrected chi connectivity index (χ2v) is 4.48. The summed E-state index contributed by atoms with van der Waals surface area (Å²) in [6.45, 7) is 6.53. The lowest BCUT2D eigenvalue weighted by atomic mass is 10.5. The van der Waals surface area contributed by atoms with Gasteiger partial charge in [-0.3, -0.25) is 0 Å². The predicted molar refractivity (Wildman–Crippen MR) is 42.9 cm³/mol. The van der Waals surface area contributed by atoms with Crippen LogP contribution in [0.4, 0.5) is 0 Å². The van der Waals surface area contributed by atoms with Gasteiger partial charge in [-0.25, -0.2) is 0 Å². The maximum absolute atomic E-state index is 5.58. The Labute approximate surface area is 61.0 Å². The van der Waals surface area contributed by atoms with Crippen molar-refractivity contribution in [3.63, 3.8) is 0 Å². The first kappa shape index (κ1) is 8.64. The minimum absolute atomic E-state index is 0.608. The minimum atomic E-state index is 0.608. The third-order valence-electron chi connectivity index (χ3n) is 0.722. The van der Waals surface area contributed by atoms with Gasteiger partial charge >= 0.3 is 0 Å². The molecule has 0 aliphatic heterocycles. The van der Waals surface area contributed by atoms with Gasteiger partial charge in [0, 0.05) is 11.1 Å². The summed E-state index contributed by atoms with van der Waals surface area (Å²) in [6.07, 6.45) is 0. The van der Waals surface area contributed by atoms with Crippen molar-refractivity contribution in [1.29, 1.82) is 0 Å². The molecule has 0 radical (unpaired) electrons. The van der Waals surface area contributed by atoms with E-state index in [0.29, 0.717) is 10.5 Å². The Morgan fingerprint density at radius 1 is 1.38 bits per heavy atom. The van der Waals surface area contributed by atoms with E-state index in [0.717, 1.165) is 5.88 Å². The first-order valence-electron chi connectivity index (χ1n) is 2.88. The van der Waals surface area contributed by atoms with Crippen LogP contribution >= 0.6 is 23.4 Å². The van der Waals surface area contributed by atoms with E-state index in [1.54, 1.807) is 0 Å². The Kier molecular flexibility index (Phi) is 4.87. The van der Waals surface area contributed by atoms with E-state index in [2.05, 4.69) is 20.8 Å². The molecular weight excluding hydrogens is 140 g/mol. The third kappa shape index (κ3) is 4.79. The summed E-state index contributed by atoms with van der Waals surface area (Å²) in [7, 11) is 0. The molecule has 0 heterocycles. The Bertz CT molecular complexity index is 54.5. The van der Waals surface area contributed by atoms with E-state index < -0.39 is 0 Å². The quantitative estimate of drug-likeness (QED) is 0.561. The first-order valence-corrected chi connectivity index (χ1v) is 4.36. The van der Waals surface area contributed by atoms with Crippen molar-refractivity contribution in [3.8, 4) is 0 Å². The molecule has 0 rings (SSSR count). The zero-order chi connectivity index (χ0) is 6.57. The van der Waals surface area contributed by atoms with Crippen molar-refractivity contribution >= 4 is 23.4 Å². The van der Waals surface area contributed by atoms with Gasteiger partial charge in [0.15, 0.2) is 0 Å². The Morgan fingerprint density at radius 2 is 1.88 bits per heavy atom. The van der Waals surface area contributed by atoms with Gasteiger partial charge < -0.3 is 0 Å². The number of hydrogen-bond donors (Lipinski definition) is 0. The molecular formula is C6H13ClS. The number of thioether (sulfide) groups is 1. The molecule has 0 saturated heterocycles. The topological polar surface area (TPSA) is 0 Å². The molecule has 0 amide bonds. The highest BCUT2D eigenvalue weighted by molar-refractivity contribution is 8.00. The van der Waals surface area contributed by atoms with Crippen molar-refractivity contribution in [1.82, 2.24) is 0 Å². The van der Waals surface area contributed by atoms with Crippen LogP contribution in [0.25, 0.3) is 0 Å². The van der Waals surface area contributed by atoms with Gasteiger partial charge in [0.05, 0.1) is 0 Å². The fourth-order valence-electron chi connectivity index (χ4n) is 0.501. The smallest absolute Gasteiger partial charge is 0.0340 e. The maximum Gasteiger partial charge on any atom is 0.0340 e. The molecule has 8 heavy (non-hydrogen) atoms. The summed E-state index contributed by atoms with van der Waals surface area (Å²) in [4.78, 5) is 0. The van der Waals surface area contributed by atoms with E-state index in [9.17, 15) is 0 Å². The predicted octanol–water partition coefficient (Wildman–Crippen LogP) is 2.76. The fraction of sp³-hybridized carbons (Fsp3) is 1.00. The van der Waals surface area contributed by atoms with Crippen molar-refractivity contribution < 1.29 is 0 Å². The first-order chi connectivity index (χ1) is 3.66. The molecule has 0 spiro atoms. The van der Waals surface area contributed by atoms with E-state index in [4.69, 9.17) is 11.6 Å². The Morgan fingerprint density at radius 3 is 2.00 bits per heavy atom. The average Bonchev–Trinajstić information content (AvgIpc) is 1.65. The molecule has 0 aliphatic carbocycles. The molecule has 0 aliphatic rings. The summed E-state index contributed by atoms with van der Waals surface area (Å²) < 4.78 is 0. The van der Waals surface area contributed by atoms with Crippen molar-refractivity contribution in [2.45, 2.75) is 31.3 Å². The van der Waals surface area contributed by atoms with Gasteiger partial charge in [0.1, 0.15) is 0 Å². The van der Waals surface area contributed by atoms with Gasteiger partial charge in [-0.05, 0) is 5.25 Å². The van der Waals surface area contributed by atoms with Gasteiger partial charge in [-0.15, -0.1) is 11.6 Å². The van der Waals surface area contributed by atoms with Crippen LogP contribution in [0.5, 0.6) is 0 Å². The number of rotatable bonds is 3. The molecule has 50 valence electrons. The lowest BCUT2D eigenvalue weighted by Gasteiger charge is -2.08. The van der Waals surface area contributed by atoms with Gasteiger partial charge in [-0.2, -0.15) is 11.8 Å². The van der Waals surface area contributed by atoms with Gasteiger partial charge in [0.25, 0.3) is 0 Å². The monoisotopic (exact) mass is 152 g/mol. The summed E-state index contributed by atoms with van der Waals surface area (Å²) in [5.41, 5.74) is 0. The second-order valence-electron chi connectivity index (χ2n) is 2.15. The molecule has 0 fully saturated rings. The van der Waals surface area contributed by atoms with Crippen molar-refractivity contribution in [2.24, 2.45) is 0 Å². The lowest BCUT2D eigenvalue weighted by Crippen LogP contribution is -2.01. The highest BCUT2D eigenvalue weighted by Gasteiger charge is 2.01. The molecule has 2 heteroatoms. The molecule has 0 bridgehead atoms. The summed E-state index contributed by atoms with van der Waals surface area (Å²) >= 11 is 7.50. The molecule has 0 N–H and O–H groups in total. The van der Waals surface area contributed by atoms with Gasteiger partial charge in [0.2, 0.25) is 0 Å². The lowest BCUT2D eigenvalue weighted by molar-refractivity contribution is 1.05. The minimum Gasteiger partial charge on any atom is -0.155 e. The average molecular weight is 153 g/mol. The molecule has 0 aromatic heterocycles. The van der Waals surface area contributed by atoms with Crippen LogP contribution in [0, 0.1) is 0 Å². The molecule has 0 aromatic carbocycles. The van der Waals surface area contributed by atoms with Crippen LogP contribution in [0.15, 0.2) is 0 Å². The van der Waals surface area contributed by atoms with Crippen LogP contribution in [-0.2, 0) is 0 Å². The molecule has 1 unspecified atom stereocenters. The highest BCUT2D eigenvalue weighted by Crippen LogP contribution is 2.16. The highest BCUT2D eigenvalue weighted by atomic mass is 35.5. The van der Waals surface area contributed by atoms with Crippen LogP contribution in [0.1, 0.15) is 20.8 Å². The van der Waals surface area contributed by atoms with E-state index >= 15 is 0 Å². The number of hydrogen-bond acceptors (Lipinski definition) is 1. The summed E-state index contributed by atoms with van der Waals surface area (Å²) in [5, 5.41) is 1.32. The van der Waals surface area contributed by atoms with Crippen LogP contribution in [-0.4, -0.2) is 16.4 Å². The zero-order valence-corrected chi connectivity index (χ0v) is 7.22. The summed E-state index contributed by atoms with van der Waals surface area (Å²) in [5.74, 6) is 0.767. The van der Waals surface area contributed by atoms with E-state index in [1.807, 2.05) is 11.8 Å². The number of halogens is 1. The van der Waals surface area contributed by atoms with Crippen molar-refractivity contribution in [3.05, 3.63) is 0 Å². The summed E-state index contributed by atoms with van der Waals surface area (Å²) in [6, 6.07) is 0. The molecule has 1 atom stereocenters. The molecule has 0 saturated carbocycles. The largest absolute Gasteiger partial charge is 0.155 e. The van der Waals surface area contributed by atoms with E-state index in [-0.39, 0.29) is 0 Å². The Balaban J connectivity index is 3.10. The second kappa shape index (κ2) is 4.51. The van der Waals surface area contributed by atoms with Crippen LogP contribution in [0.3, 0.4) is 0 Å². The maximum atomic E-state index is 5.58. The van der Waals surface area contributed by atoms with Crippen molar-refractivity contribution in [2.75, 3.05) is 5.88 Å². The normalized spacial score (nSPS) is 14.6. The third-order valence-corrected chi connectivity index (χ3v) is 2.54. The SMILES string of the molecule is CC(C)SC(C)CCl. The standard InChI is InChI=1S/C6H13ClS/c1-5(2)8-6(3)4-7/h5-6H,4H2,1-3H3. The van der Waals surface area contributed by atoms with Gasteiger partial charge in [-0.1, -0.05) is 20.8 Å². The van der Waals surface area contributed by atoms with E-state index in [1.165, 1.54) is 0 Å². The molecule has 0 nitrogen and oxygen atoms in total. The fourth-order valence-corrected chi connectivity index (χ4v) is 1.72.